The number of nitrogens with zero attached hydrogens (tertiary/aromatic N) is 2. The van der Waals surface area contributed by atoms with Crippen LogP contribution in [-0.4, -0.2) is 47.0 Å². The molecule has 0 radical (unpaired) electrons. The molecule has 0 amide bonds. The molecule has 1 N–H and O–H groups in total. The van der Waals surface area contributed by atoms with E-state index in [1.165, 1.54) is 30.5 Å². The molecule has 0 saturated heterocycles. The molecule has 0 aromatic carbocycles. The second-order valence-corrected chi connectivity index (χ2v) is 10.5. The summed E-state index contributed by atoms with van der Waals surface area (Å²) in [4.78, 5) is 43.3. The first-order valence-electron chi connectivity index (χ1n) is 10.0. The van der Waals surface area contributed by atoms with E-state index in [1.54, 1.807) is 0 Å². The van der Waals surface area contributed by atoms with Gasteiger partial charge in [0.05, 0.1) is 19.8 Å². The van der Waals surface area contributed by atoms with Crippen LogP contribution in [0.25, 0.3) is 0 Å². The molecule has 9 nitrogen and oxygen atoms in total. The van der Waals surface area contributed by atoms with Crippen molar-refractivity contribution >= 4 is 23.7 Å². The SMILES string of the molecule is COC(=O)C1=C(NC(C)(C)CC(C)(C)C)Oc2nc3n(c(=O)c2C1C(=O)OC)CCS3. The van der Waals surface area contributed by atoms with Crippen molar-refractivity contribution in [2.45, 2.75) is 64.2 Å². The standard InChI is InChI=1S/C21H29N3O6S/c1-20(2,3)10-21(4,5)23-15-13(18(27)29-7)11(17(26)28-6)12-14(30-15)22-19-24(16(12)25)8-9-31-19/h11,23H,8-10H2,1-7H3. The lowest BCUT2D eigenvalue weighted by Gasteiger charge is -2.36. The number of carbonyl (C=O) groups excluding carboxylic acids is 2. The Bertz CT molecular complexity index is 1010. The quantitative estimate of drug-likeness (QED) is 0.532. The van der Waals surface area contributed by atoms with Crippen LogP contribution in [0.15, 0.2) is 21.4 Å². The fraction of sp³-hybridized carbons (Fsp3) is 0.619. The molecule has 3 heterocycles. The molecule has 10 heteroatoms. The third-order valence-electron chi connectivity index (χ3n) is 4.97. The summed E-state index contributed by atoms with van der Waals surface area (Å²) in [5.41, 5.74) is -1.07. The van der Waals surface area contributed by atoms with E-state index in [4.69, 9.17) is 14.2 Å². The zero-order valence-corrected chi connectivity index (χ0v) is 19.8. The van der Waals surface area contributed by atoms with E-state index < -0.39 is 29.0 Å². The Morgan fingerprint density at radius 1 is 1.23 bits per heavy atom. The molecule has 0 saturated carbocycles. The van der Waals surface area contributed by atoms with E-state index >= 15 is 0 Å². The van der Waals surface area contributed by atoms with Gasteiger partial charge in [0.25, 0.3) is 5.56 Å². The number of hydrogen-bond acceptors (Lipinski definition) is 9. The zero-order valence-electron chi connectivity index (χ0n) is 19.0. The van der Waals surface area contributed by atoms with Crippen molar-refractivity contribution in [2.24, 2.45) is 5.41 Å². The van der Waals surface area contributed by atoms with Crippen molar-refractivity contribution in [1.82, 2.24) is 14.9 Å². The highest BCUT2D eigenvalue weighted by molar-refractivity contribution is 7.99. The molecule has 1 unspecified atom stereocenters. The number of carbonyl (C=O) groups is 2. The predicted octanol–water partition coefficient (Wildman–Crippen LogP) is 2.19. The molecule has 0 bridgehead atoms. The number of methoxy groups -OCH3 is 2. The predicted molar refractivity (Wildman–Crippen MR) is 115 cm³/mol. The molecule has 3 rings (SSSR count). The minimum Gasteiger partial charge on any atom is -0.468 e. The van der Waals surface area contributed by atoms with Crippen LogP contribution >= 0.6 is 11.8 Å². The third kappa shape index (κ3) is 4.58. The van der Waals surface area contributed by atoms with Crippen LogP contribution in [0.2, 0.25) is 0 Å². The van der Waals surface area contributed by atoms with Gasteiger partial charge in [0.1, 0.15) is 11.5 Å². The molecule has 2 aliphatic rings. The van der Waals surface area contributed by atoms with Crippen LogP contribution in [0.5, 0.6) is 5.88 Å². The lowest BCUT2D eigenvalue weighted by atomic mass is 9.81. The Labute approximate surface area is 185 Å². The van der Waals surface area contributed by atoms with Gasteiger partial charge in [-0.15, -0.1) is 0 Å². The maximum atomic E-state index is 13.2. The Kier molecular flexibility index (Phi) is 6.14. The van der Waals surface area contributed by atoms with Crippen molar-refractivity contribution < 1.29 is 23.8 Å². The van der Waals surface area contributed by atoms with Crippen molar-refractivity contribution in [1.29, 1.82) is 0 Å². The van der Waals surface area contributed by atoms with E-state index in [0.717, 1.165) is 6.42 Å². The van der Waals surface area contributed by atoms with Crippen molar-refractivity contribution in [3.63, 3.8) is 0 Å². The second kappa shape index (κ2) is 8.22. The van der Waals surface area contributed by atoms with Crippen LogP contribution in [-0.2, 0) is 25.6 Å². The van der Waals surface area contributed by atoms with Crippen molar-refractivity contribution in [3.8, 4) is 5.88 Å². The summed E-state index contributed by atoms with van der Waals surface area (Å²) in [6.07, 6.45) is 0.729. The fourth-order valence-electron chi connectivity index (χ4n) is 4.26. The summed E-state index contributed by atoms with van der Waals surface area (Å²) in [7, 11) is 2.42. The van der Waals surface area contributed by atoms with Crippen LogP contribution in [0.3, 0.4) is 0 Å². The summed E-state index contributed by atoms with van der Waals surface area (Å²) in [6.45, 7) is 10.7. The Hall–Kier alpha value is -2.49. The molecule has 0 fully saturated rings. The minimum atomic E-state index is -1.31. The van der Waals surface area contributed by atoms with Crippen molar-refractivity contribution in [3.05, 3.63) is 27.4 Å². The lowest BCUT2D eigenvalue weighted by Crippen LogP contribution is -2.46. The summed E-state index contributed by atoms with van der Waals surface area (Å²) >= 11 is 1.43. The highest BCUT2D eigenvalue weighted by atomic mass is 32.2. The first kappa shape index (κ1) is 23.2. The van der Waals surface area contributed by atoms with Crippen LogP contribution in [0.4, 0.5) is 0 Å². The first-order valence-corrected chi connectivity index (χ1v) is 11.0. The number of hydrogen-bond donors (Lipinski definition) is 1. The summed E-state index contributed by atoms with van der Waals surface area (Å²) < 4.78 is 17.4. The Morgan fingerprint density at radius 3 is 2.48 bits per heavy atom. The number of fused-ring (bicyclic) bond motifs is 2. The molecular formula is C21H29N3O6S. The van der Waals surface area contributed by atoms with Crippen molar-refractivity contribution in [2.75, 3.05) is 20.0 Å². The van der Waals surface area contributed by atoms with E-state index in [0.29, 0.717) is 17.5 Å². The number of esters is 2. The topological polar surface area (TPSA) is 109 Å². The highest BCUT2D eigenvalue weighted by Crippen LogP contribution is 2.40. The lowest BCUT2D eigenvalue weighted by molar-refractivity contribution is -0.145. The zero-order chi connectivity index (χ0) is 23.1. The monoisotopic (exact) mass is 451 g/mol. The Morgan fingerprint density at radius 2 is 1.90 bits per heavy atom. The normalized spacial score (nSPS) is 18.1. The van der Waals surface area contributed by atoms with Crippen LogP contribution in [0.1, 0.15) is 52.5 Å². The number of thioether (sulfide) groups is 1. The third-order valence-corrected chi connectivity index (χ3v) is 5.92. The molecule has 0 spiro atoms. The van der Waals surface area contributed by atoms with Crippen LogP contribution in [0, 0.1) is 5.41 Å². The van der Waals surface area contributed by atoms with Gasteiger partial charge in [0.15, 0.2) is 5.16 Å². The molecule has 1 aromatic heterocycles. The van der Waals surface area contributed by atoms with Gasteiger partial charge in [-0.3, -0.25) is 14.2 Å². The summed E-state index contributed by atoms with van der Waals surface area (Å²) in [5, 5.41) is 3.76. The first-order chi connectivity index (χ1) is 14.4. The van der Waals surface area contributed by atoms with E-state index in [1.807, 2.05) is 13.8 Å². The van der Waals surface area contributed by atoms with E-state index in [2.05, 4.69) is 31.1 Å². The average molecular weight is 452 g/mol. The highest BCUT2D eigenvalue weighted by Gasteiger charge is 2.45. The fourth-order valence-corrected chi connectivity index (χ4v) is 5.20. The largest absolute Gasteiger partial charge is 0.468 e. The maximum Gasteiger partial charge on any atom is 0.340 e. The molecule has 1 aromatic rings. The summed E-state index contributed by atoms with van der Waals surface area (Å²) in [6, 6.07) is 0. The number of ether oxygens (including phenoxy) is 3. The molecule has 31 heavy (non-hydrogen) atoms. The van der Waals surface area contributed by atoms with Crippen LogP contribution < -0.4 is 15.6 Å². The minimum absolute atomic E-state index is 0.00256. The molecule has 170 valence electrons. The smallest absolute Gasteiger partial charge is 0.340 e. The van der Waals surface area contributed by atoms with Gasteiger partial charge in [0, 0.05) is 17.8 Å². The van der Waals surface area contributed by atoms with Gasteiger partial charge in [0.2, 0.25) is 11.8 Å². The van der Waals surface area contributed by atoms with Gasteiger partial charge in [-0.1, -0.05) is 32.5 Å². The second-order valence-electron chi connectivity index (χ2n) is 9.46. The van der Waals surface area contributed by atoms with Gasteiger partial charge in [-0.25, -0.2) is 4.79 Å². The van der Waals surface area contributed by atoms with Gasteiger partial charge in [-0.05, 0) is 25.7 Å². The maximum absolute atomic E-state index is 13.2. The Balaban J connectivity index is 2.20. The molecule has 0 aliphatic carbocycles. The van der Waals surface area contributed by atoms with E-state index in [-0.39, 0.29) is 28.3 Å². The number of nitrogens with one attached hydrogen (secondary N) is 1. The molecule has 1 atom stereocenters. The summed E-state index contributed by atoms with van der Waals surface area (Å²) in [5.74, 6) is -2.11. The number of aromatic nitrogens is 2. The van der Waals surface area contributed by atoms with Gasteiger partial charge < -0.3 is 19.5 Å². The molecular weight excluding hydrogens is 422 g/mol. The van der Waals surface area contributed by atoms with Gasteiger partial charge in [-0.2, -0.15) is 4.98 Å². The molecule has 2 aliphatic heterocycles. The number of rotatable bonds is 5. The van der Waals surface area contributed by atoms with Gasteiger partial charge >= 0.3 is 11.9 Å². The van der Waals surface area contributed by atoms with E-state index in [9.17, 15) is 14.4 Å². The average Bonchev–Trinajstić information content (AvgIpc) is 3.12.